The Balaban J connectivity index is 1.95. The van der Waals surface area contributed by atoms with Crippen molar-refractivity contribution in [3.63, 3.8) is 0 Å². The quantitative estimate of drug-likeness (QED) is 0.866. The van der Waals surface area contributed by atoms with Crippen LogP contribution < -0.4 is 10.7 Å². The smallest absolute Gasteiger partial charge is 0.217 e. The predicted molar refractivity (Wildman–Crippen MR) is 101 cm³/mol. The lowest BCUT2D eigenvalue weighted by Gasteiger charge is -2.36. The molecule has 0 aliphatic carbocycles. The molecule has 0 bridgehead atoms. The van der Waals surface area contributed by atoms with Crippen LogP contribution in [-0.4, -0.2) is 18.1 Å². The molecule has 26 heavy (non-hydrogen) atoms. The van der Waals surface area contributed by atoms with Gasteiger partial charge in [0.2, 0.25) is 5.91 Å². The number of hydrogen-bond donors (Lipinski definition) is 1. The Hall–Kier alpha value is -1.85. The number of hydrogen-bond acceptors (Lipinski definition) is 4. The highest BCUT2D eigenvalue weighted by Crippen LogP contribution is 2.33. The van der Waals surface area contributed by atoms with Crippen LogP contribution in [0.5, 0.6) is 0 Å². The van der Waals surface area contributed by atoms with Crippen molar-refractivity contribution >= 4 is 28.5 Å². The maximum Gasteiger partial charge on any atom is 0.217 e. The van der Waals surface area contributed by atoms with Crippen LogP contribution in [0, 0.1) is 5.92 Å². The molecule has 1 fully saturated rings. The zero-order valence-corrected chi connectivity index (χ0v) is 16.0. The van der Waals surface area contributed by atoms with Crippen LogP contribution in [0.15, 0.2) is 33.7 Å². The molecule has 2 aromatic rings. The number of amides is 1. The van der Waals surface area contributed by atoms with Crippen LogP contribution in [0.1, 0.15) is 51.7 Å². The van der Waals surface area contributed by atoms with Gasteiger partial charge in [-0.15, -0.1) is 0 Å². The second-order valence-electron chi connectivity index (χ2n) is 7.41. The van der Waals surface area contributed by atoms with Crippen molar-refractivity contribution in [1.82, 2.24) is 5.32 Å². The Labute approximate surface area is 157 Å². The Kier molecular flexibility index (Phi) is 5.68. The Morgan fingerprint density at radius 2 is 2.12 bits per heavy atom. The van der Waals surface area contributed by atoms with E-state index in [0.29, 0.717) is 33.9 Å². The van der Waals surface area contributed by atoms with E-state index in [1.807, 2.05) is 0 Å². The fourth-order valence-corrected chi connectivity index (χ4v) is 3.81. The molecule has 1 amide bonds. The third-order valence-electron chi connectivity index (χ3n) is 4.65. The lowest BCUT2D eigenvalue weighted by molar-refractivity contribution is -0.122. The van der Waals surface area contributed by atoms with Crippen LogP contribution in [0.3, 0.4) is 0 Å². The van der Waals surface area contributed by atoms with Crippen LogP contribution in [0.25, 0.3) is 11.0 Å². The third-order valence-corrected chi connectivity index (χ3v) is 4.89. The average molecular weight is 378 g/mol. The summed E-state index contributed by atoms with van der Waals surface area (Å²) < 4.78 is 11.8. The van der Waals surface area contributed by atoms with E-state index in [-0.39, 0.29) is 23.5 Å². The number of fused-ring (bicyclic) bond motifs is 1. The van der Waals surface area contributed by atoms with Crippen LogP contribution in [0.2, 0.25) is 5.02 Å². The molecular weight excluding hydrogens is 354 g/mol. The summed E-state index contributed by atoms with van der Waals surface area (Å²) in [6, 6.07) is 4.97. The van der Waals surface area contributed by atoms with Gasteiger partial charge in [0.15, 0.2) is 5.43 Å². The molecule has 1 aliphatic rings. The van der Waals surface area contributed by atoms with Gasteiger partial charge < -0.3 is 14.5 Å². The van der Waals surface area contributed by atoms with Gasteiger partial charge in [-0.25, -0.2) is 0 Å². The SMILES string of the molecule is CC(=O)N[C@@H]1C[C@H](CC(C)C)O[C@H](c2coc3ccc(Cl)cc3c2=O)C1. The standard InChI is InChI=1S/C20H24ClNO4/c1-11(2)6-15-8-14(22-12(3)23)9-19(26-15)17-10-25-18-5-4-13(21)7-16(18)20(17)24/h4-5,7,10-11,14-15,19H,6,8-9H2,1-3H3,(H,22,23)/t14-,15+,19+/m1/s1. The molecule has 2 heterocycles. The van der Waals surface area contributed by atoms with Crippen LogP contribution >= 0.6 is 11.6 Å². The van der Waals surface area contributed by atoms with Crippen LogP contribution in [0.4, 0.5) is 0 Å². The highest BCUT2D eigenvalue weighted by Gasteiger charge is 2.33. The summed E-state index contributed by atoms with van der Waals surface area (Å²) in [4.78, 5) is 24.5. The summed E-state index contributed by atoms with van der Waals surface area (Å²) in [6.07, 6.45) is 3.22. The van der Waals surface area contributed by atoms with E-state index < -0.39 is 6.10 Å². The number of carbonyl (C=O) groups is 1. The molecule has 1 N–H and O–H groups in total. The number of ether oxygens (including phenoxy) is 1. The molecule has 5 nitrogen and oxygen atoms in total. The van der Waals surface area contributed by atoms with Gasteiger partial charge in [-0.3, -0.25) is 9.59 Å². The van der Waals surface area contributed by atoms with Gasteiger partial charge in [0.1, 0.15) is 11.8 Å². The van der Waals surface area contributed by atoms with Crippen molar-refractivity contribution in [3.05, 3.63) is 45.3 Å². The third kappa shape index (κ3) is 4.27. The first-order chi connectivity index (χ1) is 12.3. The Morgan fingerprint density at radius 3 is 2.81 bits per heavy atom. The molecule has 3 atom stereocenters. The molecule has 0 radical (unpaired) electrons. The molecule has 1 aromatic carbocycles. The zero-order valence-electron chi connectivity index (χ0n) is 15.3. The minimum absolute atomic E-state index is 0.0138. The van der Waals surface area contributed by atoms with Crippen molar-refractivity contribution in [2.75, 3.05) is 0 Å². The molecule has 0 unspecified atom stereocenters. The van der Waals surface area contributed by atoms with Crippen molar-refractivity contribution in [2.24, 2.45) is 5.92 Å². The first-order valence-electron chi connectivity index (χ1n) is 8.97. The summed E-state index contributed by atoms with van der Waals surface area (Å²) in [6.45, 7) is 5.77. The summed E-state index contributed by atoms with van der Waals surface area (Å²) in [5.41, 5.74) is 0.838. The molecule has 3 rings (SSSR count). The first-order valence-corrected chi connectivity index (χ1v) is 9.34. The normalized spacial score (nSPS) is 23.3. The van der Waals surface area contributed by atoms with Gasteiger partial charge in [0.05, 0.1) is 23.2 Å². The fourth-order valence-electron chi connectivity index (χ4n) is 3.64. The van der Waals surface area contributed by atoms with Crippen molar-refractivity contribution < 1.29 is 13.9 Å². The molecule has 1 aliphatic heterocycles. The van der Waals surface area contributed by atoms with Crippen molar-refractivity contribution in [1.29, 1.82) is 0 Å². The maximum atomic E-state index is 13.0. The lowest BCUT2D eigenvalue weighted by atomic mass is 9.91. The van der Waals surface area contributed by atoms with E-state index in [1.165, 1.54) is 13.2 Å². The van der Waals surface area contributed by atoms with E-state index in [1.54, 1.807) is 18.2 Å². The monoisotopic (exact) mass is 377 g/mol. The van der Waals surface area contributed by atoms with Gasteiger partial charge in [0.25, 0.3) is 0 Å². The molecule has 6 heteroatoms. The summed E-state index contributed by atoms with van der Waals surface area (Å²) in [7, 11) is 0. The highest BCUT2D eigenvalue weighted by atomic mass is 35.5. The number of carbonyl (C=O) groups excluding carboxylic acids is 1. The molecule has 0 spiro atoms. The predicted octanol–water partition coefficient (Wildman–Crippen LogP) is 4.22. The van der Waals surface area contributed by atoms with E-state index in [0.717, 1.165) is 12.8 Å². The summed E-state index contributed by atoms with van der Waals surface area (Å²) >= 11 is 6.03. The molecule has 1 aromatic heterocycles. The zero-order chi connectivity index (χ0) is 18.8. The number of nitrogens with one attached hydrogen (secondary N) is 1. The van der Waals surface area contributed by atoms with E-state index in [2.05, 4.69) is 19.2 Å². The van der Waals surface area contributed by atoms with Crippen molar-refractivity contribution in [2.45, 2.75) is 58.3 Å². The fraction of sp³-hybridized carbons (Fsp3) is 0.500. The lowest BCUT2D eigenvalue weighted by Crippen LogP contribution is -2.43. The number of rotatable bonds is 4. The van der Waals surface area contributed by atoms with E-state index in [9.17, 15) is 9.59 Å². The van der Waals surface area contributed by atoms with Gasteiger partial charge in [-0.2, -0.15) is 0 Å². The first kappa shape index (κ1) is 18.9. The van der Waals surface area contributed by atoms with Crippen LogP contribution in [-0.2, 0) is 9.53 Å². The number of benzene rings is 1. The molecule has 1 saturated heterocycles. The second-order valence-corrected chi connectivity index (χ2v) is 7.84. The van der Waals surface area contributed by atoms with Gasteiger partial charge >= 0.3 is 0 Å². The van der Waals surface area contributed by atoms with Gasteiger partial charge in [-0.05, 0) is 43.4 Å². The Morgan fingerprint density at radius 1 is 1.35 bits per heavy atom. The topological polar surface area (TPSA) is 68.5 Å². The largest absolute Gasteiger partial charge is 0.464 e. The average Bonchev–Trinajstić information content (AvgIpc) is 2.54. The Bertz CT molecular complexity index is 861. The minimum atomic E-state index is -0.413. The number of halogens is 1. The minimum Gasteiger partial charge on any atom is -0.464 e. The second kappa shape index (κ2) is 7.80. The molecule has 140 valence electrons. The van der Waals surface area contributed by atoms with E-state index >= 15 is 0 Å². The summed E-state index contributed by atoms with van der Waals surface area (Å²) in [5.74, 6) is 0.389. The molecular formula is C20H24ClNO4. The van der Waals surface area contributed by atoms with Gasteiger partial charge in [-0.1, -0.05) is 25.4 Å². The molecule has 0 saturated carbocycles. The summed E-state index contributed by atoms with van der Waals surface area (Å²) in [5, 5.41) is 3.91. The van der Waals surface area contributed by atoms with Crippen molar-refractivity contribution in [3.8, 4) is 0 Å². The highest BCUT2D eigenvalue weighted by molar-refractivity contribution is 6.31. The van der Waals surface area contributed by atoms with Gasteiger partial charge in [0, 0.05) is 18.0 Å². The van der Waals surface area contributed by atoms with E-state index in [4.69, 9.17) is 20.8 Å². The maximum absolute atomic E-state index is 13.0.